The average Bonchev–Trinajstić information content (AvgIpc) is 3.33. The van der Waals surface area contributed by atoms with E-state index in [1.807, 2.05) is 0 Å². The van der Waals surface area contributed by atoms with Gasteiger partial charge in [0.15, 0.2) is 11.6 Å². The van der Waals surface area contributed by atoms with Crippen molar-refractivity contribution in [1.82, 2.24) is 24.7 Å². The van der Waals surface area contributed by atoms with Crippen LogP contribution < -0.4 is 4.72 Å². The number of sulfonamides is 1. The molecule has 3 rings (SSSR count). The highest BCUT2D eigenvalue weighted by Crippen LogP contribution is 2.27. The summed E-state index contributed by atoms with van der Waals surface area (Å²) >= 11 is 5.82. The lowest BCUT2D eigenvalue weighted by Crippen LogP contribution is -2.33. The van der Waals surface area contributed by atoms with Gasteiger partial charge >= 0.3 is 0 Å². The Balaban J connectivity index is 1.90. The lowest BCUT2D eigenvalue weighted by atomic mass is 10.2. The summed E-state index contributed by atoms with van der Waals surface area (Å²) in [6.45, 7) is 3.91. The quantitative estimate of drug-likeness (QED) is 0.474. The fraction of sp³-hybridized carbons (Fsp3) is 0.444. The van der Waals surface area contributed by atoms with Gasteiger partial charge in [-0.25, -0.2) is 18.4 Å². The Hall–Kier alpha value is -2.54. The van der Waals surface area contributed by atoms with Gasteiger partial charge in [0.05, 0.1) is 18.2 Å². The van der Waals surface area contributed by atoms with Gasteiger partial charge in [0.1, 0.15) is 17.1 Å². The number of hydrogen-bond acceptors (Lipinski definition) is 9. The number of aromatic nitrogens is 5. The fourth-order valence-electron chi connectivity index (χ4n) is 2.87. The minimum atomic E-state index is -3.98. The minimum Gasteiger partial charge on any atom is -0.458 e. The molecule has 168 valence electrons. The van der Waals surface area contributed by atoms with E-state index in [0.717, 1.165) is 0 Å². The summed E-state index contributed by atoms with van der Waals surface area (Å²) in [7, 11) is -1.05. The third kappa shape index (κ3) is 5.21. The molecule has 0 aromatic carbocycles. The molecule has 3 aromatic heterocycles. The average molecular weight is 471 g/mol. The molecule has 0 aliphatic heterocycles. The van der Waals surface area contributed by atoms with Gasteiger partial charge in [-0.15, -0.1) is 10.2 Å². The molecule has 3 heterocycles. The van der Waals surface area contributed by atoms with Crippen molar-refractivity contribution in [2.75, 3.05) is 25.5 Å². The predicted molar refractivity (Wildman–Crippen MR) is 113 cm³/mol. The Morgan fingerprint density at radius 1 is 1.23 bits per heavy atom. The second kappa shape index (κ2) is 9.73. The Kier molecular flexibility index (Phi) is 7.26. The number of aryl methyl sites for hydroxylation is 1. The molecule has 0 bridgehead atoms. The highest BCUT2D eigenvalue weighted by atomic mass is 35.5. The van der Waals surface area contributed by atoms with Gasteiger partial charge < -0.3 is 13.9 Å². The minimum absolute atomic E-state index is 0.0276. The van der Waals surface area contributed by atoms with E-state index in [1.54, 1.807) is 30.7 Å². The molecule has 0 aliphatic rings. The van der Waals surface area contributed by atoms with Crippen LogP contribution in [0.3, 0.4) is 0 Å². The molecule has 0 radical (unpaired) electrons. The first-order valence-corrected chi connectivity index (χ1v) is 11.2. The number of anilines is 1. The van der Waals surface area contributed by atoms with Gasteiger partial charge in [-0.1, -0.05) is 11.6 Å². The Labute approximate surface area is 184 Å². The van der Waals surface area contributed by atoms with Gasteiger partial charge in [0.2, 0.25) is 21.8 Å². The third-order valence-corrected chi connectivity index (χ3v) is 6.42. The zero-order chi connectivity index (χ0) is 22.6. The number of nitrogens with zero attached hydrogens (tertiary/aromatic N) is 5. The molecule has 13 heteroatoms. The molecule has 11 nitrogen and oxygen atoms in total. The molecule has 2 unspecified atom stereocenters. The van der Waals surface area contributed by atoms with E-state index in [9.17, 15) is 8.42 Å². The van der Waals surface area contributed by atoms with Gasteiger partial charge in [-0.05, 0) is 26.0 Å². The molecular weight excluding hydrogens is 448 g/mol. The van der Waals surface area contributed by atoms with Crippen molar-refractivity contribution >= 4 is 27.6 Å². The maximum absolute atomic E-state index is 13.1. The van der Waals surface area contributed by atoms with Crippen molar-refractivity contribution in [3.8, 4) is 11.6 Å². The number of ether oxygens (including phenoxy) is 2. The van der Waals surface area contributed by atoms with Crippen molar-refractivity contribution in [3.05, 3.63) is 41.1 Å². The van der Waals surface area contributed by atoms with Crippen LogP contribution in [0.4, 0.5) is 5.95 Å². The zero-order valence-corrected chi connectivity index (χ0v) is 19.0. The van der Waals surface area contributed by atoms with Crippen LogP contribution >= 0.6 is 11.6 Å². The van der Waals surface area contributed by atoms with E-state index in [1.165, 1.54) is 26.4 Å². The highest BCUT2D eigenvalue weighted by molar-refractivity contribution is 7.93. The van der Waals surface area contributed by atoms with Crippen LogP contribution in [-0.4, -0.2) is 59.2 Å². The van der Waals surface area contributed by atoms with Crippen molar-refractivity contribution in [1.29, 1.82) is 0 Å². The standard InChI is InChI=1S/C18H23ClN6O5S/c1-11-5-6-14(30-11)17-22-23-18(25(17)7-8-28-3)24-31(26,27)12(2)15(29-4)16-20-9-13(19)10-21-16/h5-6,9-10,12,15H,7-8H2,1-4H3,(H,23,24). The number of nitrogens with one attached hydrogen (secondary N) is 1. The van der Waals surface area contributed by atoms with Gasteiger partial charge in [0.25, 0.3) is 0 Å². The summed E-state index contributed by atoms with van der Waals surface area (Å²) in [5.41, 5.74) is 0. The van der Waals surface area contributed by atoms with Crippen LogP contribution in [0.1, 0.15) is 24.6 Å². The summed E-state index contributed by atoms with van der Waals surface area (Å²) in [6, 6.07) is 3.52. The molecule has 0 spiro atoms. The Morgan fingerprint density at radius 3 is 2.52 bits per heavy atom. The third-order valence-electron chi connectivity index (χ3n) is 4.53. The van der Waals surface area contributed by atoms with Crippen LogP contribution in [0.25, 0.3) is 11.6 Å². The summed E-state index contributed by atoms with van der Waals surface area (Å²) in [4.78, 5) is 8.15. The molecule has 2 atom stereocenters. The maximum Gasteiger partial charge on any atom is 0.240 e. The first-order chi connectivity index (χ1) is 14.8. The SMILES string of the molecule is COCCn1c(NS(=O)(=O)C(C)C(OC)c2ncc(Cl)cn2)nnc1-c1ccc(C)o1. The number of halogens is 1. The monoisotopic (exact) mass is 470 g/mol. The number of methoxy groups -OCH3 is 2. The van der Waals surface area contributed by atoms with Gasteiger partial charge in [-0.2, -0.15) is 0 Å². The topological polar surface area (TPSA) is 134 Å². The van der Waals surface area contributed by atoms with Crippen LogP contribution in [0.5, 0.6) is 0 Å². The molecule has 31 heavy (non-hydrogen) atoms. The normalized spacial score (nSPS) is 13.8. The van der Waals surface area contributed by atoms with E-state index >= 15 is 0 Å². The second-order valence-electron chi connectivity index (χ2n) is 6.67. The first-order valence-electron chi connectivity index (χ1n) is 9.27. The lowest BCUT2D eigenvalue weighted by Gasteiger charge is -2.22. The van der Waals surface area contributed by atoms with Gasteiger partial charge in [-0.3, -0.25) is 9.29 Å². The predicted octanol–water partition coefficient (Wildman–Crippen LogP) is 2.45. The number of rotatable bonds is 10. The fourth-order valence-corrected chi connectivity index (χ4v) is 4.12. The second-order valence-corrected chi connectivity index (χ2v) is 9.14. The smallest absolute Gasteiger partial charge is 0.240 e. The van der Waals surface area contributed by atoms with Gasteiger partial charge in [0, 0.05) is 26.6 Å². The molecule has 0 amide bonds. The summed E-state index contributed by atoms with van der Waals surface area (Å²) in [5.74, 6) is 1.75. The molecule has 0 fully saturated rings. The van der Waals surface area contributed by atoms with Crippen molar-refractivity contribution < 1.29 is 22.3 Å². The largest absolute Gasteiger partial charge is 0.458 e. The number of hydrogen-bond donors (Lipinski definition) is 1. The lowest BCUT2D eigenvalue weighted by molar-refractivity contribution is 0.0950. The van der Waals surface area contributed by atoms with Crippen LogP contribution in [0.15, 0.2) is 28.9 Å². The van der Waals surface area contributed by atoms with E-state index in [-0.39, 0.29) is 11.8 Å². The van der Waals surface area contributed by atoms with Crippen molar-refractivity contribution in [3.63, 3.8) is 0 Å². The van der Waals surface area contributed by atoms with E-state index in [0.29, 0.717) is 35.5 Å². The summed E-state index contributed by atoms with van der Waals surface area (Å²) in [6.07, 6.45) is 1.82. The zero-order valence-electron chi connectivity index (χ0n) is 17.4. The molecular formula is C18H23ClN6O5S. The van der Waals surface area contributed by atoms with Crippen molar-refractivity contribution in [2.45, 2.75) is 31.7 Å². The van der Waals surface area contributed by atoms with Crippen molar-refractivity contribution in [2.24, 2.45) is 0 Å². The van der Waals surface area contributed by atoms with Crippen LogP contribution in [0.2, 0.25) is 5.02 Å². The van der Waals surface area contributed by atoms with E-state index < -0.39 is 21.4 Å². The summed E-state index contributed by atoms with van der Waals surface area (Å²) in [5, 5.41) is 7.38. The summed E-state index contributed by atoms with van der Waals surface area (Å²) < 4.78 is 46.4. The van der Waals surface area contributed by atoms with E-state index in [2.05, 4.69) is 24.9 Å². The Morgan fingerprint density at radius 2 is 1.94 bits per heavy atom. The molecule has 0 saturated carbocycles. The number of furan rings is 1. The first kappa shape index (κ1) is 23.1. The molecule has 1 N–H and O–H groups in total. The van der Waals surface area contributed by atoms with E-state index in [4.69, 9.17) is 25.5 Å². The van der Waals surface area contributed by atoms with Crippen LogP contribution in [0, 0.1) is 6.92 Å². The molecule has 0 aliphatic carbocycles. The molecule has 3 aromatic rings. The Bertz CT molecular complexity index is 1110. The molecule has 0 saturated heterocycles. The highest BCUT2D eigenvalue weighted by Gasteiger charge is 2.34. The maximum atomic E-state index is 13.1. The van der Waals surface area contributed by atoms with Crippen LogP contribution in [-0.2, 0) is 26.0 Å².